The van der Waals surface area contributed by atoms with Gasteiger partial charge in [-0.2, -0.15) is 0 Å². The Bertz CT molecular complexity index is 462. The highest BCUT2D eigenvalue weighted by Crippen LogP contribution is 2.27. The number of carbonyl (C=O) groups excluding carboxylic acids is 2. The summed E-state index contributed by atoms with van der Waals surface area (Å²) in [6, 6.07) is 0.103. The van der Waals surface area contributed by atoms with Crippen molar-refractivity contribution in [2.45, 2.75) is 66.0 Å². The minimum atomic E-state index is -0.379. The van der Waals surface area contributed by atoms with Gasteiger partial charge in [0.15, 0.2) is 0 Å². The predicted molar refractivity (Wildman–Crippen MR) is 92.0 cm³/mol. The first-order valence-corrected chi connectivity index (χ1v) is 8.83. The molecular weight excluding hydrogens is 290 g/mol. The Balaban J connectivity index is 1.85. The van der Waals surface area contributed by atoms with Crippen LogP contribution in [0.5, 0.6) is 0 Å². The highest BCUT2D eigenvalue weighted by atomic mass is 16.2. The topological polar surface area (TPSA) is 52.7 Å². The van der Waals surface area contributed by atoms with E-state index in [-0.39, 0.29) is 34.7 Å². The Morgan fingerprint density at radius 2 is 1.61 bits per heavy atom. The molecule has 2 aliphatic rings. The third kappa shape index (κ3) is 4.46. The number of carbonyl (C=O) groups is 2. The Morgan fingerprint density at radius 1 is 0.957 bits per heavy atom. The van der Waals surface area contributed by atoms with Gasteiger partial charge in [-0.15, -0.1) is 0 Å². The van der Waals surface area contributed by atoms with E-state index in [4.69, 9.17) is 0 Å². The average molecular weight is 323 g/mol. The molecule has 0 aliphatic carbocycles. The lowest BCUT2D eigenvalue weighted by atomic mass is 9.95. The average Bonchev–Trinajstić information content (AvgIpc) is 3.04. The number of hydrogen-bond acceptors (Lipinski definition) is 3. The van der Waals surface area contributed by atoms with Crippen molar-refractivity contribution < 1.29 is 9.59 Å². The summed E-state index contributed by atoms with van der Waals surface area (Å²) in [6.45, 7) is 15.6. The first-order valence-electron chi connectivity index (χ1n) is 8.83. The van der Waals surface area contributed by atoms with Crippen molar-refractivity contribution >= 4 is 11.8 Å². The Hall–Kier alpha value is -1.10. The fourth-order valence-electron chi connectivity index (χ4n) is 3.31. The second kappa shape index (κ2) is 6.42. The van der Waals surface area contributed by atoms with Gasteiger partial charge in [0.1, 0.15) is 0 Å². The molecule has 0 aromatic carbocycles. The van der Waals surface area contributed by atoms with Crippen molar-refractivity contribution in [3.05, 3.63) is 0 Å². The van der Waals surface area contributed by atoms with Crippen molar-refractivity contribution in [1.82, 2.24) is 15.1 Å². The van der Waals surface area contributed by atoms with Crippen LogP contribution in [0.4, 0.5) is 0 Å². The van der Waals surface area contributed by atoms with Gasteiger partial charge in [0.2, 0.25) is 11.8 Å². The zero-order valence-corrected chi connectivity index (χ0v) is 15.6. The standard InChI is InChI=1S/C18H33N3O2/c1-17(2,3)16(23)19-14-8-9-20(12-14)15(22)13-7-10-21(11-13)18(4,5)6/h13-14H,7-12H2,1-6H3,(H,19,23)/t13-,14-/m0/s1. The number of likely N-dealkylation sites (tertiary alicyclic amines) is 2. The third-order valence-corrected chi connectivity index (χ3v) is 5.00. The zero-order valence-electron chi connectivity index (χ0n) is 15.6. The molecule has 2 saturated heterocycles. The van der Waals surface area contributed by atoms with Crippen LogP contribution in [-0.2, 0) is 9.59 Å². The number of nitrogens with one attached hydrogen (secondary N) is 1. The summed E-state index contributed by atoms with van der Waals surface area (Å²) < 4.78 is 0. The Labute approximate surface area is 140 Å². The first-order chi connectivity index (χ1) is 10.5. The van der Waals surface area contributed by atoms with Crippen LogP contribution in [0.1, 0.15) is 54.4 Å². The second-order valence-corrected chi connectivity index (χ2v) is 9.10. The lowest BCUT2D eigenvalue weighted by Gasteiger charge is -2.32. The van der Waals surface area contributed by atoms with Crippen molar-refractivity contribution in [2.75, 3.05) is 26.2 Å². The fraction of sp³-hybridized carbons (Fsp3) is 0.889. The van der Waals surface area contributed by atoms with Gasteiger partial charge >= 0.3 is 0 Å². The summed E-state index contributed by atoms with van der Waals surface area (Å²) in [6.07, 6.45) is 1.81. The van der Waals surface area contributed by atoms with Gasteiger partial charge < -0.3 is 10.2 Å². The van der Waals surface area contributed by atoms with E-state index in [0.717, 1.165) is 32.5 Å². The molecule has 0 spiro atoms. The molecule has 5 nitrogen and oxygen atoms in total. The van der Waals surface area contributed by atoms with Gasteiger partial charge in [-0.25, -0.2) is 0 Å². The normalized spacial score (nSPS) is 26.6. The summed E-state index contributed by atoms with van der Waals surface area (Å²) in [4.78, 5) is 29.2. The second-order valence-electron chi connectivity index (χ2n) is 9.10. The van der Waals surface area contributed by atoms with Crippen molar-refractivity contribution in [3.8, 4) is 0 Å². The molecule has 2 rings (SSSR count). The van der Waals surface area contributed by atoms with Gasteiger partial charge in [0.05, 0.1) is 5.92 Å². The number of nitrogens with zero attached hydrogens (tertiary/aromatic N) is 2. The monoisotopic (exact) mass is 323 g/mol. The summed E-state index contributed by atoms with van der Waals surface area (Å²) in [5, 5.41) is 3.08. The largest absolute Gasteiger partial charge is 0.351 e. The van der Waals surface area contributed by atoms with E-state index in [1.807, 2.05) is 25.7 Å². The summed E-state index contributed by atoms with van der Waals surface area (Å²) in [5.74, 6) is 0.451. The lowest BCUT2D eigenvalue weighted by Crippen LogP contribution is -2.44. The maximum absolute atomic E-state index is 12.7. The molecule has 0 bridgehead atoms. The quantitative estimate of drug-likeness (QED) is 0.844. The molecule has 0 saturated carbocycles. The summed E-state index contributed by atoms with van der Waals surface area (Å²) >= 11 is 0. The number of amides is 2. The van der Waals surface area contributed by atoms with E-state index in [1.54, 1.807) is 0 Å². The van der Waals surface area contributed by atoms with Crippen LogP contribution in [-0.4, -0.2) is 59.4 Å². The molecule has 5 heteroatoms. The van der Waals surface area contributed by atoms with Crippen LogP contribution in [0.3, 0.4) is 0 Å². The van der Waals surface area contributed by atoms with Gasteiger partial charge in [0, 0.05) is 36.6 Å². The Kier molecular flexibility index (Phi) is 5.09. The third-order valence-electron chi connectivity index (χ3n) is 5.00. The molecule has 1 N–H and O–H groups in total. The molecule has 2 amide bonds. The smallest absolute Gasteiger partial charge is 0.227 e. The van der Waals surface area contributed by atoms with Crippen LogP contribution in [0.2, 0.25) is 0 Å². The SMILES string of the molecule is CC(C)(C)C(=O)N[C@H]1CCN(C(=O)[C@H]2CCN(C(C)(C)C)C2)C1. The molecule has 0 aromatic rings. The van der Waals surface area contributed by atoms with Gasteiger partial charge in [-0.1, -0.05) is 20.8 Å². The molecule has 23 heavy (non-hydrogen) atoms. The molecule has 0 unspecified atom stereocenters. The predicted octanol–water partition coefficient (Wildman–Crippen LogP) is 1.87. The molecule has 2 aliphatic heterocycles. The molecule has 132 valence electrons. The van der Waals surface area contributed by atoms with E-state index >= 15 is 0 Å². The van der Waals surface area contributed by atoms with E-state index in [1.165, 1.54) is 0 Å². The number of hydrogen-bond donors (Lipinski definition) is 1. The van der Waals surface area contributed by atoms with Crippen LogP contribution in [0.15, 0.2) is 0 Å². The summed E-state index contributed by atoms with van der Waals surface area (Å²) in [5.41, 5.74) is -0.251. The lowest BCUT2D eigenvalue weighted by molar-refractivity contribution is -0.134. The number of rotatable bonds is 2. The zero-order chi connectivity index (χ0) is 17.4. The van der Waals surface area contributed by atoms with Crippen LogP contribution in [0, 0.1) is 11.3 Å². The molecule has 2 fully saturated rings. The van der Waals surface area contributed by atoms with E-state index in [9.17, 15) is 9.59 Å². The first kappa shape index (κ1) is 18.2. The van der Waals surface area contributed by atoms with Crippen molar-refractivity contribution in [2.24, 2.45) is 11.3 Å². The molecule has 2 atom stereocenters. The summed E-state index contributed by atoms with van der Waals surface area (Å²) in [7, 11) is 0. The van der Waals surface area contributed by atoms with Crippen LogP contribution < -0.4 is 5.32 Å². The molecular formula is C18H33N3O2. The maximum atomic E-state index is 12.7. The molecule has 2 heterocycles. The van der Waals surface area contributed by atoms with Crippen molar-refractivity contribution in [1.29, 1.82) is 0 Å². The molecule has 0 radical (unpaired) electrons. The van der Waals surface area contributed by atoms with Crippen LogP contribution >= 0.6 is 0 Å². The van der Waals surface area contributed by atoms with Gasteiger partial charge in [-0.3, -0.25) is 14.5 Å². The minimum absolute atomic E-state index is 0.0663. The van der Waals surface area contributed by atoms with Gasteiger partial charge in [0.25, 0.3) is 0 Å². The Morgan fingerprint density at radius 3 is 2.13 bits per heavy atom. The van der Waals surface area contributed by atoms with Gasteiger partial charge in [-0.05, 0) is 40.2 Å². The highest BCUT2D eigenvalue weighted by molar-refractivity contribution is 5.82. The highest BCUT2D eigenvalue weighted by Gasteiger charge is 2.38. The van der Waals surface area contributed by atoms with Crippen molar-refractivity contribution in [3.63, 3.8) is 0 Å². The van der Waals surface area contributed by atoms with E-state index < -0.39 is 0 Å². The van der Waals surface area contributed by atoms with E-state index in [0.29, 0.717) is 6.54 Å². The minimum Gasteiger partial charge on any atom is -0.351 e. The van der Waals surface area contributed by atoms with Crippen LogP contribution in [0.25, 0.3) is 0 Å². The van der Waals surface area contributed by atoms with E-state index in [2.05, 4.69) is 31.0 Å². The molecule has 0 aromatic heterocycles. The fourth-order valence-corrected chi connectivity index (χ4v) is 3.31. The maximum Gasteiger partial charge on any atom is 0.227 e.